The van der Waals surface area contributed by atoms with Crippen molar-refractivity contribution in [2.45, 2.75) is 32.2 Å². The van der Waals surface area contributed by atoms with Crippen LogP contribution in [0.25, 0.3) is 10.9 Å². The molecule has 1 atom stereocenters. The van der Waals surface area contributed by atoms with E-state index in [1.807, 2.05) is 23.1 Å². The van der Waals surface area contributed by atoms with E-state index in [0.29, 0.717) is 6.04 Å². The topological polar surface area (TPSA) is 61.0 Å². The molecule has 0 aliphatic carbocycles. The highest BCUT2D eigenvalue weighted by Gasteiger charge is 2.22. The average Bonchev–Trinajstić information content (AvgIpc) is 3.16. The standard InChI is InChI=1S/C16H22N4O/c1-2-8-20(11-14-4-3-7-17-14)16(21)12-5-6-13-10-18-19-15(13)9-12/h5-6,9-10,14,17H,2-4,7-8,11H2,1H3,(H,18,19). The van der Waals surface area contributed by atoms with E-state index in [4.69, 9.17) is 0 Å². The van der Waals surface area contributed by atoms with Crippen molar-refractivity contribution in [1.82, 2.24) is 20.4 Å². The Labute approximate surface area is 124 Å². The second-order valence-corrected chi connectivity index (χ2v) is 5.72. The van der Waals surface area contributed by atoms with Gasteiger partial charge >= 0.3 is 0 Å². The van der Waals surface area contributed by atoms with Crippen LogP contribution in [0.2, 0.25) is 0 Å². The molecule has 5 heteroatoms. The molecule has 1 aromatic heterocycles. The quantitative estimate of drug-likeness (QED) is 0.885. The van der Waals surface area contributed by atoms with Gasteiger partial charge in [0.05, 0.1) is 11.7 Å². The minimum absolute atomic E-state index is 0.113. The maximum absolute atomic E-state index is 12.8. The van der Waals surface area contributed by atoms with Crippen molar-refractivity contribution in [3.63, 3.8) is 0 Å². The van der Waals surface area contributed by atoms with Gasteiger partial charge in [0.1, 0.15) is 0 Å². The third-order valence-electron chi connectivity index (χ3n) is 4.07. The molecule has 2 heterocycles. The van der Waals surface area contributed by atoms with Crippen LogP contribution in [0.4, 0.5) is 0 Å². The lowest BCUT2D eigenvalue weighted by Gasteiger charge is -2.25. The predicted octanol–water partition coefficient (Wildman–Crippen LogP) is 2.17. The van der Waals surface area contributed by atoms with E-state index in [1.54, 1.807) is 6.20 Å². The fourth-order valence-corrected chi connectivity index (χ4v) is 2.98. The molecule has 3 rings (SSSR count). The number of nitrogens with zero attached hydrogens (tertiary/aromatic N) is 2. The maximum atomic E-state index is 12.8. The first-order valence-corrected chi connectivity index (χ1v) is 7.73. The van der Waals surface area contributed by atoms with Gasteiger partial charge < -0.3 is 10.2 Å². The number of fused-ring (bicyclic) bond motifs is 1. The Bertz CT molecular complexity index is 616. The molecule has 1 amide bonds. The Morgan fingerprint density at radius 1 is 1.48 bits per heavy atom. The Hall–Kier alpha value is -1.88. The van der Waals surface area contributed by atoms with Crippen molar-refractivity contribution >= 4 is 16.8 Å². The van der Waals surface area contributed by atoms with Crippen molar-refractivity contribution < 1.29 is 4.79 Å². The molecule has 21 heavy (non-hydrogen) atoms. The number of nitrogens with one attached hydrogen (secondary N) is 2. The molecule has 2 N–H and O–H groups in total. The summed E-state index contributed by atoms with van der Waals surface area (Å²) in [5.41, 5.74) is 1.65. The second kappa shape index (κ2) is 6.26. The number of hydrogen-bond acceptors (Lipinski definition) is 3. The molecule has 112 valence electrons. The molecule has 0 saturated carbocycles. The van der Waals surface area contributed by atoms with E-state index in [0.717, 1.165) is 48.9 Å². The van der Waals surface area contributed by atoms with Gasteiger partial charge in [-0.05, 0) is 37.9 Å². The zero-order valence-corrected chi connectivity index (χ0v) is 12.4. The van der Waals surface area contributed by atoms with Crippen LogP contribution in [0.5, 0.6) is 0 Å². The van der Waals surface area contributed by atoms with Crippen LogP contribution in [0, 0.1) is 0 Å². The number of carbonyl (C=O) groups is 1. The van der Waals surface area contributed by atoms with Crippen molar-refractivity contribution in [2.24, 2.45) is 0 Å². The fourth-order valence-electron chi connectivity index (χ4n) is 2.98. The first-order valence-electron chi connectivity index (χ1n) is 7.73. The van der Waals surface area contributed by atoms with E-state index >= 15 is 0 Å². The number of rotatable bonds is 5. The summed E-state index contributed by atoms with van der Waals surface area (Å²) in [6.07, 6.45) is 5.12. The molecule has 1 aliphatic heterocycles. The first kappa shape index (κ1) is 14.1. The summed E-state index contributed by atoms with van der Waals surface area (Å²) in [5, 5.41) is 11.4. The van der Waals surface area contributed by atoms with Crippen LogP contribution in [0.3, 0.4) is 0 Å². The second-order valence-electron chi connectivity index (χ2n) is 5.72. The summed E-state index contributed by atoms with van der Waals surface area (Å²) >= 11 is 0. The number of aromatic nitrogens is 2. The zero-order chi connectivity index (χ0) is 14.7. The molecule has 0 bridgehead atoms. The normalized spacial score (nSPS) is 18.2. The molecule has 5 nitrogen and oxygen atoms in total. The molecule has 1 fully saturated rings. The molecule has 1 aromatic carbocycles. The fraction of sp³-hybridized carbons (Fsp3) is 0.500. The predicted molar refractivity (Wildman–Crippen MR) is 83.3 cm³/mol. The van der Waals surface area contributed by atoms with Crippen molar-refractivity contribution in [2.75, 3.05) is 19.6 Å². The van der Waals surface area contributed by atoms with E-state index in [1.165, 1.54) is 6.42 Å². The number of benzene rings is 1. The summed E-state index contributed by atoms with van der Waals surface area (Å²) in [5.74, 6) is 0.113. The molecule has 1 aliphatic rings. The van der Waals surface area contributed by atoms with Gasteiger partial charge in [-0.2, -0.15) is 5.10 Å². The SMILES string of the molecule is CCCN(CC1CCCN1)C(=O)c1ccc2cn[nH]c2c1. The molecule has 0 spiro atoms. The largest absolute Gasteiger partial charge is 0.337 e. The summed E-state index contributed by atoms with van der Waals surface area (Å²) in [7, 11) is 0. The van der Waals surface area contributed by atoms with E-state index in [9.17, 15) is 4.79 Å². The number of carbonyl (C=O) groups excluding carboxylic acids is 1. The monoisotopic (exact) mass is 286 g/mol. The summed E-state index contributed by atoms with van der Waals surface area (Å²) < 4.78 is 0. The van der Waals surface area contributed by atoms with Crippen molar-refractivity contribution in [3.05, 3.63) is 30.0 Å². The van der Waals surface area contributed by atoms with Gasteiger partial charge in [0.15, 0.2) is 0 Å². The minimum atomic E-state index is 0.113. The third-order valence-corrected chi connectivity index (χ3v) is 4.07. The molecular formula is C16H22N4O. The molecule has 1 saturated heterocycles. The third kappa shape index (κ3) is 3.08. The zero-order valence-electron chi connectivity index (χ0n) is 12.4. The van der Waals surface area contributed by atoms with Gasteiger partial charge in [0, 0.05) is 30.1 Å². The van der Waals surface area contributed by atoms with Crippen molar-refractivity contribution in [3.8, 4) is 0 Å². The Morgan fingerprint density at radius 2 is 2.38 bits per heavy atom. The van der Waals surface area contributed by atoms with E-state index < -0.39 is 0 Å². The van der Waals surface area contributed by atoms with Gasteiger partial charge in [-0.25, -0.2) is 0 Å². The number of hydrogen-bond donors (Lipinski definition) is 2. The summed E-state index contributed by atoms with van der Waals surface area (Å²) in [6.45, 7) is 4.78. The molecule has 0 radical (unpaired) electrons. The van der Waals surface area contributed by atoms with Crippen LogP contribution < -0.4 is 5.32 Å². The highest BCUT2D eigenvalue weighted by atomic mass is 16.2. The van der Waals surface area contributed by atoms with Crippen LogP contribution in [-0.2, 0) is 0 Å². The maximum Gasteiger partial charge on any atom is 0.253 e. The molecule has 1 unspecified atom stereocenters. The highest BCUT2D eigenvalue weighted by Crippen LogP contribution is 2.16. The highest BCUT2D eigenvalue weighted by molar-refractivity contribution is 5.97. The van der Waals surface area contributed by atoms with Gasteiger partial charge in [-0.1, -0.05) is 13.0 Å². The lowest BCUT2D eigenvalue weighted by Crippen LogP contribution is -2.41. The number of amides is 1. The average molecular weight is 286 g/mol. The van der Waals surface area contributed by atoms with Gasteiger partial charge in [-0.15, -0.1) is 0 Å². The van der Waals surface area contributed by atoms with Crippen LogP contribution >= 0.6 is 0 Å². The van der Waals surface area contributed by atoms with Crippen LogP contribution in [0.1, 0.15) is 36.5 Å². The van der Waals surface area contributed by atoms with Gasteiger partial charge in [0.2, 0.25) is 0 Å². The first-order chi connectivity index (χ1) is 10.3. The molecular weight excluding hydrogens is 264 g/mol. The van der Waals surface area contributed by atoms with E-state index in [-0.39, 0.29) is 5.91 Å². The summed E-state index contributed by atoms with van der Waals surface area (Å²) in [6, 6.07) is 6.18. The van der Waals surface area contributed by atoms with E-state index in [2.05, 4.69) is 22.4 Å². The van der Waals surface area contributed by atoms with Crippen molar-refractivity contribution in [1.29, 1.82) is 0 Å². The Morgan fingerprint density at radius 3 is 3.14 bits per heavy atom. The summed E-state index contributed by atoms with van der Waals surface area (Å²) in [4.78, 5) is 14.7. The number of H-pyrrole nitrogens is 1. The Balaban J connectivity index is 1.78. The lowest BCUT2D eigenvalue weighted by atomic mass is 10.1. The van der Waals surface area contributed by atoms with Crippen LogP contribution in [-0.4, -0.2) is 46.7 Å². The van der Waals surface area contributed by atoms with Gasteiger partial charge in [0.25, 0.3) is 5.91 Å². The van der Waals surface area contributed by atoms with Gasteiger partial charge in [-0.3, -0.25) is 9.89 Å². The lowest BCUT2D eigenvalue weighted by molar-refractivity contribution is 0.0742. The minimum Gasteiger partial charge on any atom is -0.337 e. The Kier molecular flexibility index (Phi) is 4.20. The number of aromatic amines is 1. The smallest absolute Gasteiger partial charge is 0.253 e. The molecule has 2 aromatic rings. The van der Waals surface area contributed by atoms with Crippen LogP contribution in [0.15, 0.2) is 24.4 Å².